The van der Waals surface area contributed by atoms with Crippen molar-refractivity contribution >= 4 is 32.4 Å². The lowest BCUT2D eigenvalue weighted by atomic mass is 10.0. The van der Waals surface area contributed by atoms with Crippen molar-refractivity contribution in [3.63, 3.8) is 0 Å². The number of hydrogen-bond acceptors (Lipinski definition) is 5. The van der Waals surface area contributed by atoms with Gasteiger partial charge in [-0.25, -0.2) is 8.42 Å². The fourth-order valence-electron chi connectivity index (χ4n) is 3.95. The number of carbonyl (C=O) groups excluding carboxylic acids is 1. The van der Waals surface area contributed by atoms with E-state index in [-0.39, 0.29) is 23.4 Å². The molecule has 1 atom stereocenters. The van der Waals surface area contributed by atoms with Gasteiger partial charge in [-0.1, -0.05) is 42.5 Å². The second-order valence-electron chi connectivity index (χ2n) is 8.25. The maximum Gasteiger partial charge on any atom is 0.243 e. The third-order valence-corrected chi connectivity index (χ3v) is 7.92. The Balaban J connectivity index is 1.40. The molecule has 33 heavy (non-hydrogen) atoms. The highest BCUT2D eigenvalue weighted by atomic mass is 32.2. The van der Waals surface area contributed by atoms with Crippen molar-refractivity contribution < 1.29 is 17.9 Å². The van der Waals surface area contributed by atoms with Crippen LogP contribution in [0.25, 0.3) is 10.8 Å². The monoisotopic (exact) mass is 467 g/mol. The minimum atomic E-state index is -3.61. The number of morpholine rings is 1. The van der Waals surface area contributed by atoms with Gasteiger partial charge in [0, 0.05) is 18.8 Å². The van der Waals surface area contributed by atoms with Crippen molar-refractivity contribution in [3.05, 3.63) is 71.8 Å². The molecule has 1 saturated heterocycles. The van der Waals surface area contributed by atoms with Crippen LogP contribution in [0.4, 0.5) is 5.69 Å². The number of benzene rings is 3. The largest absolute Gasteiger partial charge is 0.379 e. The number of anilines is 1. The second-order valence-corrected chi connectivity index (χ2v) is 10.2. The van der Waals surface area contributed by atoms with E-state index in [0.29, 0.717) is 37.6 Å². The fraction of sp³-hybridized carbons (Fsp3) is 0.320. The van der Waals surface area contributed by atoms with Gasteiger partial charge in [0.2, 0.25) is 15.9 Å². The summed E-state index contributed by atoms with van der Waals surface area (Å²) in [6, 6.07) is 19.2. The Kier molecular flexibility index (Phi) is 6.97. The molecule has 7 nitrogen and oxygen atoms in total. The summed E-state index contributed by atoms with van der Waals surface area (Å²) in [5.41, 5.74) is 2.28. The minimum Gasteiger partial charge on any atom is -0.379 e. The number of rotatable bonds is 7. The maximum absolute atomic E-state index is 13.1. The molecule has 0 bridgehead atoms. The fourth-order valence-corrected chi connectivity index (χ4v) is 5.61. The first-order valence-corrected chi connectivity index (χ1v) is 12.5. The van der Waals surface area contributed by atoms with Gasteiger partial charge in [-0.05, 0) is 53.9 Å². The van der Waals surface area contributed by atoms with Crippen LogP contribution >= 0.6 is 0 Å². The lowest BCUT2D eigenvalue weighted by Gasteiger charge is -2.27. The summed E-state index contributed by atoms with van der Waals surface area (Å²) in [4.78, 5) is 12.8. The van der Waals surface area contributed by atoms with Gasteiger partial charge in [0.05, 0.1) is 30.7 Å². The van der Waals surface area contributed by atoms with E-state index in [0.717, 1.165) is 16.3 Å². The molecule has 1 amide bonds. The first kappa shape index (κ1) is 23.2. The van der Waals surface area contributed by atoms with E-state index in [1.165, 1.54) is 4.31 Å². The van der Waals surface area contributed by atoms with E-state index in [9.17, 15) is 13.2 Å². The molecule has 3 aromatic carbocycles. The van der Waals surface area contributed by atoms with E-state index in [1.54, 1.807) is 25.1 Å². The second kappa shape index (κ2) is 9.91. The van der Waals surface area contributed by atoms with Gasteiger partial charge >= 0.3 is 0 Å². The predicted molar refractivity (Wildman–Crippen MR) is 130 cm³/mol. The molecule has 2 N–H and O–H groups in total. The Morgan fingerprint density at radius 1 is 1.03 bits per heavy atom. The molecule has 0 aromatic heterocycles. The average molecular weight is 468 g/mol. The highest BCUT2D eigenvalue weighted by Crippen LogP contribution is 2.24. The zero-order valence-corrected chi connectivity index (χ0v) is 19.7. The normalized spacial score (nSPS) is 15.8. The Labute approximate surface area is 194 Å². The van der Waals surface area contributed by atoms with Crippen LogP contribution in [-0.4, -0.2) is 51.5 Å². The quantitative estimate of drug-likeness (QED) is 0.556. The summed E-state index contributed by atoms with van der Waals surface area (Å²) < 4.78 is 32.8. The van der Waals surface area contributed by atoms with Crippen LogP contribution in [0.5, 0.6) is 0 Å². The van der Waals surface area contributed by atoms with Crippen molar-refractivity contribution in [3.8, 4) is 0 Å². The van der Waals surface area contributed by atoms with Crippen LogP contribution < -0.4 is 10.6 Å². The predicted octanol–water partition coefficient (Wildman–Crippen LogP) is 3.46. The van der Waals surface area contributed by atoms with Crippen LogP contribution in [0.1, 0.15) is 24.1 Å². The summed E-state index contributed by atoms with van der Waals surface area (Å²) >= 11 is 0. The van der Waals surface area contributed by atoms with Crippen LogP contribution in [-0.2, 0) is 19.6 Å². The van der Waals surface area contributed by atoms with Gasteiger partial charge in [0.25, 0.3) is 0 Å². The van der Waals surface area contributed by atoms with E-state index >= 15 is 0 Å². The molecule has 0 unspecified atom stereocenters. The molecule has 1 aliphatic heterocycles. The number of hydrogen-bond donors (Lipinski definition) is 2. The number of nitrogens with zero attached hydrogens (tertiary/aromatic N) is 1. The highest BCUT2D eigenvalue weighted by Gasteiger charge is 2.28. The number of nitrogens with one attached hydrogen (secondary N) is 2. The first-order valence-electron chi connectivity index (χ1n) is 11.0. The minimum absolute atomic E-state index is 0.0397. The smallest absolute Gasteiger partial charge is 0.243 e. The van der Waals surface area contributed by atoms with Crippen molar-refractivity contribution in [1.29, 1.82) is 0 Å². The topological polar surface area (TPSA) is 87.7 Å². The third kappa shape index (κ3) is 5.35. The van der Waals surface area contributed by atoms with E-state index in [2.05, 4.69) is 28.8 Å². The average Bonchev–Trinajstić information content (AvgIpc) is 2.83. The van der Waals surface area contributed by atoms with Crippen molar-refractivity contribution in [2.24, 2.45) is 0 Å². The van der Waals surface area contributed by atoms with Crippen LogP contribution in [0.15, 0.2) is 65.6 Å². The molecule has 0 saturated carbocycles. The van der Waals surface area contributed by atoms with Gasteiger partial charge in [0.15, 0.2) is 0 Å². The molecule has 4 rings (SSSR count). The highest BCUT2D eigenvalue weighted by molar-refractivity contribution is 7.89. The summed E-state index contributed by atoms with van der Waals surface area (Å²) in [5, 5.41) is 8.33. The number of aryl methyl sites for hydroxylation is 1. The molecule has 1 fully saturated rings. The molecule has 1 aliphatic rings. The van der Waals surface area contributed by atoms with Gasteiger partial charge in [-0.15, -0.1) is 0 Å². The lowest BCUT2D eigenvalue weighted by Crippen LogP contribution is -2.40. The molecule has 0 spiro atoms. The van der Waals surface area contributed by atoms with Crippen LogP contribution in [0.2, 0.25) is 0 Å². The number of amides is 1. The van der Waals surface area contributed by atoms with Gasteiger partial charge in [-0.3, -0.25) is 4.79 Å². The summed E-state index contributed by atoms with van der Waals surface area (Å²) in [6.45, 7) is 5.23. The van der Waals surface area contributed by atoms with Crippen molar-refractivity contribution in [2.45, 2.75) is 24.8 Å². The van der Waals surface area contributed by atoms with Gasteiger partial charge in [0.1, 0.15) is 0 Å². The van der Waals surface area contributed by atoms with Gasteiger partial charge in [-0.2, -0.15) is 4.31 Å². The van der Waals surface area contributed by atoms with Crippen molar-refractivity contribution in [1.82, 2.24) is 9.62 Å². The molecular weight excluding hydrogens is 438 g/mol. The summed E-state index contributed by atoms with van der Waals surface area (Å²) in [5.74, 6) is -0.172. The van der Waals surface area contributed by atoms with E-state index in [1.807, 2.05) is 31.2 Å². The van der Waals surface area contributed by atoms with Crippen LogP contribution in [0.3, 0.4) is 0 Å². The zero-order valence-electron chi connectivity index (χ0n) is 18.9. The number of carbonyl (C=O) groups is 1. The van der Waals surface area contributed by atoms with E-state index in [4.69, 9.17) is 4.74 Å². The van der Waals surface area contributed by atoms with Gasteiger partial charge < -0.3 is 15.4 Å². The number of sulfonamides is 1. The Morgan fingerprint density at radius 2 is 1.76 bits per heavy atom. The molecule has 1 heterocycles. The molecule has 3 aromatic rings. The number of fused-ring (bicyclic) bond motifs is 1. The van der Waals surface area contributed by atoms with Crippen molar-refractivity contribution in [2.75, 3.05) is 38.2 Å². The Bertz CT molecular complexity index is 1250. The third-order valence-electron chi connectivity index (χ3n) is 5.88. The number of ether oxygens (including phenoxy) is 1. The van der Waals surface area contributed by atoms with E-state index < -0.39 is 10.0 Å². The first-order chi connectivity index (χ1) is 15.8. The molecule has 174 valence electrons. The lowest BCUT2D eigenvalue weighted by molar-refractivity contribution is -0.120. The standard InChI is InChI=1S/C25H29N3O4S/c1-18-7-10-23(16-24(18)33(30,31)28-11-13-32-14-12-28)26-17-25(29)27-19(2)21-9-8-20-5-3-4-6-22(20)15-21/h3-10,15-16,19,26H,11-14,17H2,1-2H3,(H,27,29)/t19-/m0/s1. The Morgan fingerprint density at radius 3 is 2.52 bits per heavy atom. The zero-order chi connectivity index (χ0) is 23.4. The molecule has 8 heteroatoms. The molecular formula is C25H29N3O4S. The SMILES string of the molecule is Cc1ccc(NCC(=O)N[C@@H](C)c2ccc3ccccc3c2)cc1S(=O)(=O)N1CCOCC1. The Hall–Kier alpha value is -2.94. The molecule has 0 radical (unpaired) electrons. The molecule has 0 aliphatic carbocycles. The summed E-state index contributed by atoms with van der Waals surface area (Å²) in [6.07, 6.45) is 0. The van der Waals surface area contributed by atoms with Crippen LogP contribution in [0, 0.1) is 6.92 Å². The maximum atomic E-state index is 13.1. The summed E-state index contributed by atoms with van der Waals surface area (Å²) in [7, 11) is -3.61.